The van der Waals surface area contributed by atoms with Gasteiger partial charge in [-0.15, -0.1) is 11.3 Å². The second kappa shape index (κ2) is 7.43. The molecule has 1 unspecified atom stereocenters. The van der Waals surface area contributed by atoms with Crippen molar-refractivity contribution in [2.45, 2.75) is 25.0 Å². The highest BCUT2D eigenvalue weighted by molar-refractivity contribution is 7.19. The lowest BCUT2D eigenvalue weighted by Gasteiger charge is -2.49. The quantitative estimate of drug-likeness (QED) is 0.489. The van der Waals surface area contributed by atoms with Crippen molar-refractivity contribution in [2.24, 2.45) is 11.7 Å². The molecule has 0 aliphatic heterocycles. The Hall–Kier alpha value is -2.86. The van der Waals surface area contributed by atoms with E-state index in [1.165, 1.54) is 0 Å². The van der Waals surface area contributed by atoms with Crippen molar-refractivity contribution in [1.29, 1.82) is 0 Å². The van der Waals surface area contributed by atoms with Gasteiger partial charge in [0.25, 0.3) is 0 Å². The minimum absolute atomic E-state index is 0.236. The first-order chi connectivity index (χ1) is 14.6. The van der Waals surface area contributed by atoms with E-state index in [9.17, 15) is 5.11 Å². The van der Waals surface area contributed by atoms with Crippen LogP contribution in [0.3, 0.4) is 0 Å². The Morgan fingerprint density at radius 3 is 2.33 bits per heavy atom. The van der Waals surface area contributed by atoms with Crippen molar-refractivity contribution in [2.75, 3.05) is 0 Å². The molecule has 0 spiro atoms. The summed E-state index contributed by atoms with van der Waals surface area (Å²) < 4.78 is 0. The van der Waals surface area contributed by atoms with E-state index in [0.29, 0.717) is 0 Å². The Kier molecular flexibility index (Phi) is 4.74. The van der Waals surface area contributed by atoms with Crippen molar-refractivity contribution in [3.05, 3.63) is 84.7 Å². The Labute approximate surface area is 180 Å². The van der Waals surface area contributed by atoms with Crippen LogP contribution in [-0.2, 0) is 5.54 Å². The maximum absolute atomic E-state index is 10.4. The molecule has 3 N–H and O–H groups in total. The van der Waals surface area contributed by atoms with Crippen LogP contribution < -0.4 is 5.73 Å². The molecule has 1 aliphatic rings. The molecule has 1 fully saturated rings. The number of nitrogens with zero attached hydrogens (tertiary/aromatic N) is 2. The van der Waals surface area contributed by atoms with Crippen LogP contribution in [-0.4, -0.2) is 21.2 Å². The lowest BCUT2D eigenvalue weighted by atomic mass is 9.63. The third-order valence-electron chi connectivity index (χ3n) is 5.99. The zero-order valence-electron chi connectivity index (χ0n) is 16.7. The summed E-state index contributed by atoms with van der Waals surface area (Å²) in [4.78, 5) is 10.3. The van der Waals surface area contributed by atoms with Crippen LogP contribution in [0.5, 0.6) is 0 Å². The van der Waals surface area contributed by atoms with Gasteiger partial charge in [0.1, 0.15) is 5.01 Å². The van der Waals surface area contributed by atoms with Gasteiger partial charge in [-0.3, -0.25) is 4.98 Å². The number of thiazole rings is 1. The number of nitrogens with two attached hydrogens (primary N) is 1. The molecule has 30 heavy (non-hydrogen) atoms. The van der Waals surface area contributed by atoms with E-state index in [2.05, 4.69) is 29.2 Å². The summed E-state index contributed by atoms with van der Waals surface area (Å²) >= 11 is 1.67. The number of aromatic nitrogens is 2. The van der Waals surface area contributed by atoms with Crippen molar-refractivity contribution in [1.82, 2.24) is 9.97 Å². The van der Waals surface area contributed by atoms with Gasteiger partial charge in [0.15, 0.2) is 0 Å². The maximum Gasteiger partial charge on any atom is 0.126 e. The van der Waals surface area contributed by atoms with Gasteiger partial charge in [-0.25, -0.2) is 4.98 Å². The monoisotopic (exact) mass is 413 g/mol. The van der Waals surface area contributed by atoms with Crippen LogP contribution in [0.15, 0.2) is 79.1 Å². The molecule has 0 radical (unpaired) electrons. The van der Waals surface area contributed by atoms with Crippen LogP contribution in [0.1, 0.15) is 18.9 Å². The molecule has 4 aromatic rings. The third-order valence-corrected chi connectivity index (χ3v) is 7.15. The first-order valence-electron chi connectivity index (χ1n) is 10.1. The van der Waals surface area contributed by atoms with Gasteiger partial charge in [0.2, 0.25) is 0 Å². The second-order valence-corrected chi connectivity index (χ2v) is 9.05. The van der Waals surface area contributed by atoms with Gasteiger partial charge in [-0.2, -0.15) is 0 Å². The highest BCUT2D eigenvalue weighted by Crippen LogP contribution is 2.45. The number of aliphatic hydroxyl groups is 1. The van der Waals surface area contributed by atoms with E-state index in [4.69, 9.17) is 10.7 Å². The fraction of sp³-hybridized carbons (Fsp3) is 0.200. The lowest BCUT2D eigenvalue weighted by Crippen LogP contribution is -2.60. The normalized spacial score (nSPS) is 23.2. The third kappa shape index (κ3) is 3.16. The van der Waals surface area contributed by atoms with E-state index in [0.717, 1.165) is 44.3 Å². The Morgan fingerprint density at radius 2 is 1.70 bits per heavy atom. The fourth-order valence-electron chi connectivity index (χ4n) is 4.25. The van der Waals surface area contributed by atoms with Crippen LogP contribution in [0.2, 0.25) is 0 Å². The van der Waals surface area contributed by atoms with E-state index in [1.54, 1.807) is 17.5 Å². The van der Waals surface area contributed by atoms with Crippen LogP contribution in [0.4, 0.5) is 0 Å². The summed E-state index contributed by atoms with van der Waals surface area (Å²) in [5.41, 5.74) is 10.9. The summed E-state index contributed by atoms with van der Waals surface area (Å²) in [6.07, 6.45) is 3.91. The molecule has 5 heteroatoms. The van der Waals surface area contributed by atoms with Gasteiger partial charge < -0.3 is 10.8 Å². The van der Waals surface area contributed by atoms with Gasteiger partial charge in [0, 0.05) is 23.5 Å². The molecule has 2 heterocycles. The van der Waals surface area contributed by atoms with Gasteiger partial charge in [0.05, 0.1) is 22.2 Å². The molecule has 2 aromatic heterocycles. The van der Waals surface area contributed by atoms with E-state index < -0.39 is 11.6 Å². The van der Waals surface area contributed by atoms with E-state index in [1.807, 2.05) is 55.6 Å². The molecule has 150 valence electrons. The Balaban J connectivity index is 1.57. The number of pyridine rings is 1. The number of hydrogen-bond acceptors (Lipinski definition) is 5. The summed E-state index contributed by atoms with van der Waals surface area (Å²) in [6, 6.07) is 22.5. The molecule has 2 aromatic carbocycles. The van der Waals surface area contributed by atoms with Gasteiger partial charge in [-0.05, 0) is 35.6 Å². The van der Waals surface area contributed by atoms with Crippen molar-refractivity contribution in [3.63, 3.8) is 0 Å². The predicted octanol–water partition coefficient (Wildman–Crippen LogP) is 5.09. The van der Waals surface area contributed by atoms with E-state index in [-0.39, 0.29) is 5.92 Å². The second-order valence-electron chi connectivity index (χ2n) is 8.05. The van der Waals surface area contributed by atoms with Gasteiger partial charge in [-0.1, -0.05) is 61.5 Å². The van der Waals surface area contributed by atoms with Gasteiger partial charge >= 0.3 is 0 Å². The standard InChI is InChI=1S/C25H23N3OS/c1-16-14-25(26,23(16)29)20-11-9-17(10-12-20)21-22(18-6-3-2-4-7-18)30-24(28-21)19-8-5-13-27-15-19/h2-13,15-16,23,29H,14,26H2,1H3/t16-,23?,25-/m0/s1. The van der Waals surface area contributed by atoms with Crippen LogP contribution in [0.25, 0.3) is 32.3 Å². The maximum atomic E-state index is 10.4. The number of aliphatic hydroxyl groups excluding tert-OH is 1. The molecule has 0 amide bonds. The summed E-state index contributed by atoms with van der Waals surface area (Å²) in [5, 5.41) is 11.3. The number of benzene rings is 2. The fourth-order valence-corrected chi connectivity index (χ4v) is 5.34. The molecular weight excluding hydrogens is 390 g/mol. The minimum atomic E-state index is -0.650. The lowest BCUT2D eigenvalue weighted by molar-refractivity contribution is -0.0575. The largest absolute Gasteiger partial charge is 0.391 e. The van der Waals surface area contributed by atoms with Crippen LogP contribution in [0, 0.1) is 5.92 Å². The Bertz CT molecular complexity index is 1160. The Morgan fingerprint density at radius 1 is 0.967 bits per heavy atom. The van der Waals surface area contributed by atoms with Crippen molar-refractivity contribution >= 4 is 11.3 Å². The molecule has 5 rings (SSSR count). The SMILES string of the molecule is C[C@H]1C[C@](N)(c2ccc(-c3nc(-c4cccnc4)sc3-c3ccccc3)cc2)C1O. The molecule has 3 atom stereocenters. The van der Waals surface area contributed by atoms with Crippen LogP contribution >= 0.6 is 11.3 Å². The highest BCUT2D eigenvalue weighted by atomic mass is 32.1. The average Bonchev–Trinajstić information content (AvgIpc) is 3.26. The molecule has 0 saturated heterocycles. The smallest absolute Gasteiger partial charge is 0.126 e. The average molecular weight is 414 g/mol. The highest BCUT2D eigenvalue weighted by Gasteiger charge is 2.49. The molecular formula is C25H23N3OS. The molecule has 1 aliphatic carbocycles. The topological polar surface area (TPSA) is 72.0 Å². The van der Waals surface area contributed by atoms with Crippen molar-refractivity contribution in [3.8, 4) is 32.3 Å². The zero-order chi connectivity index (χ0) is 20.7. The zero-order valence-corrected chi connectivity index (χ0v) is 17.5. The summed E-state index contributed by atoms with van der Waals surface area (Å²) in [5.74, 6) is 0.236. The summed E-state index contributed by atoms with van der Waals surface area (Å²) in [7, 11) is 0. The molecule has 4 nitrogen and oxygen atoms in total. The number of rotatable bonds is 4. The first kappa shape index (κ1) is 19.1. The minimum Gasteiger partial charge on any atom is -0.391 e. The molecule has 0 bridgehead atoms. The summed E-state index contributed by atoms with van der Waals surface area (Å²) in [6.45, 7) is 2.03. The first-order valence-corrected chi connectivity index (χ1v) is 10.9. The predicted molar refractivity (Wildman–Crippen MR) is 122 cm³/mol. The van der Waals surface area contributed by atoms with Crippen molar-refractivity contribution < 1.29 is 5.11 Å². The molecule has 1 saturated carbocycles. The number of hydrogen-bond donors (Lipinski definition) is 2. The van der Waals surface area contributed by atoms with E-state index >= 15 is 0 Å².